The summed E-state index contributed by atoms with van der Waals surface area (Å²) in [4.78, 5) is 29.4. The number of nitrogens with one attached hydrogen (secondary N) is 2. The third-order valence-corrected chi connectivity index (χ3v) is 6.71. The molecular weight excluding hydrogens is 501 g/mol. The summed E-state index contributed by atoms with van der Waals surface area (Å²) in [6.45, 7) is 0.638. The van der Waals surface area contributed by atoms with Crippen molar-refractivity contribution in [2.75, 3.05) is 19.0 Å². The summed E-state index contributed by atoms with van der Waals surface area (Å²) >= 11 is 12.3. The van der Waals surface area contributed by atoms with Crippen LogP contribution in [0.15, 0.2) is 66.9 Å². The van der Waals surface area contributed by atoms with E-state index in [9.17, 15) is 9.59 Å². The molecule has 0 bridgehead atoms. The van der Waals surface area contributed by atoms with Crippen molar-refractivity contribution in [1.29, 1.82) is 0 Å². The summed E-state index contributed by atoms with van der Waals surface area (Å²) in [5.41, 5.74) is 0.957. The van der Waals surface area contributed by atoms with Crippen LogP contribution in [0.4, 0.5) is 5.82 Å². The van der Waals surface area contributed by atoms with Gasteiger partial charge in [-0.2, -0.15) is 0 Å². The number of pyridine rings is 1. The molecule has 1 aliphatic carbocycles. The molecule has 0 spiro atoms. The summed E-state index contributed by atoms with van der Waals surface area (Å²) in [6, 6.07) is 17.6. The summed E-state index contributed by atoms with van der Waals surface area (Å²) in [5.74, 6) is 1.03. The molecule has 0 aliphatic heterocycles. The van der Waals surface area contributed by atoms with Crippen LogP contribution in [0.25, 0.3) is 0 Å². The van der Waals surface area contributed by atoms with Crippen LogP contribution in [0.5, 0.6) is 5.75 Å². The number of methoxy groups -OCH3 is 1. The number of esters is 1. The van der Waals surface area contributed by atoms with E-state index in [-0.39, 0.29) is 22.0 Å². The van der Waals surface area contributed by atoms with Gasteiger partial charge in [0.1, 0.15) is 17.6 Å². The quantitative estimate of drug-likeness (QED) is 0.353. The van der Waals surface area contributed by atoms with Crippen molar-refractivity contribution in [3.63, 3.8) is 0 Å². The highest BCUT2D eigenvalue weighted by Crippen LogP contribution is 2.30. The van der Waals surface area contributed by atoms with E-state index in [0.717, 1.165) is 30.0 Å². The van der Waals surface area contributed by atoms with Crippen molar-refractivity contribution in [3.8, 4) is 5.75 Å². The van der Waals surface area contributed by atoms with Crippen molar-refractivity contribution >= 4 is 40.9 Å². The number of hydrogen-bond acceptors (Lipinski definition) is 6. The summed E-state index contributed by atoms with van der Waals surface area (Å²) in [6.07, 6.45) is 4.08. The van der Waals surface area contributed by atoms with Gasteiger partial charge in [0.05, 0.1) is 29.3 Å². The second-order valence-electron chi connectivity index (χ2n) is 8.70. The molecule has 1 amide bonds. The van der Waals surface area contributed by atoms with E-state index in [4.69, 9.17) is 32.7 Å². The van der Waals surface area contributed by atoms with Gasteiger partial charge < -0.3 is 20.1 Å². The molecule has 0 saturated heterocycles. The Morgan fingerprint density at radius 1 is 1.03 bits per heavy atom. The number of anilines is 1. The Balaban J connectivity index is 1.27. The summed E-state index contributed by atoms with van der Waals surface area (Å²) in [7, 11) is 1.28. The third-order valence-electron chi connectivity index (χ3n) is 6.08. The van der Waals surface area contributed by atoms with Gasteiger partial charge in [-0.1, -0.05) is 47.5 Å². The molecule has 1 heterocycles. The van der Waals surface area contributed by atoms with Crippen LogP contribution in [0.2, 0.25) is 10.0 Å². The molecule has 188 valence electrons. The van der Waals surface area contributed by atoms with E-state index in [1.807, 2.05) is 42.5 Å². The van der Waals surface area contributed by atoms with Crippen LogP contribution >= 0.6 is 23.2 Å². The monoisotopic (exact) mass is 527 g/mol. The van der Waals surface area contributed by atoms with E-state index in [1.54, 1.807) is 24.4 Å². The number of aromatic nitrogens is 1. The first-order valence-electron chi connectivity index (χ1n) is 11.6. The largest absolute Gasteiger partial charge is 0.493 e. The SMILES string of the molecule is COC(=O)[C@H](Cc1ccc(OC[C@H]2C[C@@H](Nc3ccccn3)C2)cc1)NC(=O)c1c(Cl)cccc1Cl. The molecule has 1 aromatic heterocycles. The van der Waals surface area contributed by atoms with Gasteiger partial charge in [0.25, 0.3) is 5.91 Å². The predicted octanol–water partition coefficient (Wildman–Crippen LogP) is 5.17. The van der Waals surface area contributed by atoms with E-state index >= 15 is 0 Å². The average Bonchev–Trinajstić information content (AvgIpc) is 2.85. The number of nitrogens with zero attached hydrogens (tertiary/aromatic N) is 1. The van der Waals surface area contributed by atoms with Gasteiger partial charge >= 0.3 is 5.97 Å². The molecule has 0 radical (unpaired) electrons. The molecular formula is C27H27Cl2N3O4. The molecule has 7 nitrogen and oxygen atoms in total. The maximum absolute atomic E-state index is 12.8. The van der Waals surface area contributed by atoms with Crippen molar-refractivity contribution in [3.05, 3.63) is 88.0 Å². The Kier molecular flexibility index (Phi) is 8.67. The molecule has 4 rings (SSSR count). The number of amides is 1. The Morgan fingerprint density at radius 3 is 2.39 bits per heavy atom. The fourth-order valence-electron chi connectivity index (χ4n) is 4.10. The summed E-state index contributed by atoms with van der Waals surface area (Å²) < 4.78 is 10.8. The minimum atomic E-state index is -0.903. The van der Waals surface area contributed by atoms with Crippen LogP contribution in [0, 0.1) is 5.92 Å². The predicted molar refractivity (Wildman–Crippen MR) is 140 cm³/mol. The molecule has 1 saturated carbocycles. The first kappa shape index (κ1) is 25.8. The zero-order chi connectivity index (χ0) is 25.5. The van der Waals surface area contributed by atoms with Crippen molar-refractivity contribution in [1.82, 2.24) is 10.3 Å². The van der Waals surface area contributed by atoms with Crippen LogP contribution in [-0.4, -0.2) is 42.7 Å². The number of hydrogen-bond donors (Lipinski definition) is 2. The highest BCUT2D eigenvalue weighted by Gasteiger charge is 2.30. The lowest BCUT2D eigenvalue weighted by Gasteiger charge is -2.35. The second-order valence-corrected chi connectivity index (χ2v) is 9.51. The van der Waals surface area contributed by atoms with Crippen LogP contribution < -0.4 is 15.4 Å². The zero-order valence-electron chi connectivity index (χ0n) is 19.7. The maximum atomic E-state index is 12.8. The molecule has 36 heavy (non-hydrogen) atoms. The van der Waals surface area contributed by atoms with Gasteiger partial charge in [0.15, 0.2) is 0 Å². The second kappa shape index (κ2) is 12.1. The fourth-order valence-corrected chi connectivity index (χ4v) is 4.67. The highest BCUT2D eigenvalue weighted by molar-refractivity contribution is 6.39. The lowest BCUT2D eigenvalue weighted by atomic mass is 9.81. The van der Waals surface area contributed by atoms with Gasteiger partial charge in [-0.05, 0) is 60.7 Å². The maximum Gasteiger partial charge on any atom is 0.328 e. The van der Waals surface area contributed by atoms with Crippen LogP contribution in [0.1, 0.15) is 28.8 Å². The Bertz CT molecular complexity index is 1170. The van der Waals surface area contributed by atoms with Crippen molar-refractivity contribution in [2.24, 2.45) is 5.92 Å². The number of rotatable bonds is 10. The smallest absolute Gasteiger partial charge is 0.328 e. The van der Waals surface area contributed by atoms with Crippen LogP contribution in [-0.2, 0) is 16.0 Å². The fraction of sp³-hybridized carbons (Fsp3) is 0.296. The average molecular weight is 528 g/mol. The van der Waals surface area contributed by atoms with E-state index in [0.29, 0.717) is 18.6 Å². The first-order chi connectivity index (χ1) is 17.4. The molecule has 0 unspecified atom stereocenters. The number of carbonyl (C=O) groups excluding carboxylic acids is 2. The first-order valence-corrected chi connectivity index (χ1v) is 12.4. The third kappa shape index (κ3) is 6.68. The van der Waals surface area contributed by atoms with Gasteiger partial charge in [0.2, 0.25) is 0 Å². The Hall–Kier alpha value is -3.29. The number of ether oxygens (including phenoxy) is 2. The minimum absolute atomic E-state index is 0.118. The number of halogens is 2. The molecule has 2 N–H and O–H groups in total. The van der Waals surface area contributed by atoms with Crippen molar-refractivity contribution < 1.29 is 19.1 Å². The van der Waals surface area contributed by atoms with Gasteiger partial charge in [-0.25, -0.2) is 9.78 Å². The molecule has 1 aliphatic rings. The lowest BCUT2D eigenvalue weighted by Crippen LogP contribution is -2.43. The molecule has 3 aromatic rings. The summed E-state index contributed by atoms with van der Waals surface area (Å²) in [5, 5.41) is 6.52. The van der Waals surface area contributed by atoms with E-state index in [1.165, 1.54) is 7.11 Å². The Labute approximate surface area is 220 Å². The molecule has 2 aromatic carbocycles. The standard InChI is InChI=1S/C27H27Cl2N3O4/c1-35-27(34)23(32-26(33)25-21(28)5-4-6-22(25)29)15-17-8-10-20(11-9-17)36-16-18-13-19(14-18)31-24-7-2-3-12-30-24/h2-12,18-19,23H,13-16H2,1H3,(H,30,31)(H,32,33)/t18-,19+,23-/m0/s1. The highest BCUT2D eigenvalue weighted by atomic mass is 35.5. The number of carbonyl (C=O) groups is 2. The van der Waals surface area contributed by atoms with E-state index < -0.39 is 17.9 Å². The zero-order valence-corrected chi connectivity index (χ0v) is 21.3. The van der Waals surface area contributed by atoms with E-state index in [2.05, 4.69) is 15.6 Å². The van der Waals surface area contributed by atoms with Crippen molar-refractivity contribution in [2.45, 2.75) is 31.3 Å². The van der Waals surface area contributed by atoms with Crippen LogP contribution in [0.3, 0.4) is 0 Å². The van der Waals surface area contributed by atoms with Gasteiger partial charge in [-0.3, -0.25) is 4.79 Å². The Morgan fingerprint density at radius 2 is 1.75 bits per heavy atom. The topological polar surface area (TPSA) is 89.6 Å². The minimum Gasteiger partial charge on any atom is -0.493 e. The van der Waals surface area contributed by atoms with Gasteiger partial charge in [0, 0.05) is 18.7 Å². The molecule has 9 heteroatoms. The normalized spacial score (nSPS) is 17.4. The molecule has 1 atom stereocenters. The number of benzene rings is 2. The molecule has 1 fully saturated rings. The lowest BCUT2D eigenvalue weighted by molar-refractivity contribution is -0.142. The van der Waals surface area contributed by atoms with Gasteiger partial charge in [-0.15, -0.1) is 0 Å².